The molecule has 0 unspecified atom stereocenters. The second-order valence-electron chi connectivity index (χ2n) is 17.1. The zero-order chi connectivity index (χ0) is 50.0. The van der Waals surface area contributed by atoms with Gasteiger partial charge in [-0.25, -0.2) is 0 Å². The third-order valence-corrected chi connectivity index (χ3v) is 10.6. The molecule has 5 atom stereocenters. The Morgan fingerprint density at radius 3 is 1.55 bits per heavy atom. The van der Waals surface area contributed by atoms with E-state index < -0.39 is 84.0 Å². The van der Waals surface area contributed by atoms with Crippen molar-refractivity contribution in [3.63, 3.8) is 0 Å². The van der Waals surface area contributed by atoms with Gasteiger partial charge in [-0.3, -0.25) is 48.3 Å². The lowest BCUT2D eigenvalue weighted by Gasteiger charge is -2.28. The average molecular weight is 938 g/mol. The van der Waals surface area contributed by atoms with Crippen molar-refractivity contribution < 1.29 is 43.1 Å². The quantitative estimate of drug-likeness (QED) is 0.0166. The Kier molecular flexibility index (Phi) is 32.7. The summed E-state index contributed by atoms with van der Waals surface area (Å²) in [4.78, 5) is 114. The molecule has 0 spiro atoms. The Bertz CT molecular complexity index is 1570. The summed E-state index contributed by atoms with van der Waals surface area (Å²) in [6.45, 7) is 9.28. The third-order valence-electron chi connectivity index (χ3n) is 10.6. The van der Waals surface area contributed by atoms with Crippen molar-refractivity contribution in [3.05, 3.63) is 0 Å². The van der Waals surface area contributed by atoms with Gasteiger partial charge in [0.05, 0.1) is 13.2 Å². The highest BCUT2D eigenvalue weighted by Gasteiger charge is 2.33. The highest BCUT2D eigenvalue weighted by Crippen LogP contribution is 2.13. The summed E-state index contributed by atoms with van der Waals surface area (Å²) in [6, 6.07) is -5.42. The standard InChI is InChI=1S/C44H83N13O9/c1-7-8-9-10-11-12-13-21-34(59)53-31(20-17-26-51-44(48)49)40(63)57-38(29(4)5)42(65)55-32(18-14-15-24-45)39(62)54-30(19-16-25-50-43(46)47)33(58)22-23-35(60)56-37(28(2)3)41(64)52-27-36(61)66-6/h28-32,37-38H,7-27,45H2,1-6H3,(H,52,64)(H,53,59)(H,54,62)(H,55,65)(H,56,60)(H,57,63)(H4,46,47,50)(H4,48,49,51)/t30-,31-,32-,37-,38-/m0/s1. The summed E-state index contributed by atoms with van der Waals surface area (Å²) in [6.07, 6.45) is 8.75. The smallest absolute Gasteiger partial charge is 0.325 e. The molecule has 378 valence electrons. The molecule has 0 aliphatic rings. The summed E-state index contributed by atoms with van der Waals surface area (Å²) in [5.74, 6) is -5.73. The fourth-order valence-electron chi connectivity index (χ4n) is 6.72. The molecule has 0 aromatic carbocycles. The van der Waals surface area contributed by atoms with Gasteiger partial charge in [0.25, 0.3) is 0 Å². The zero-order valence-corrected chi connectivity index (χ0v) is 40.3. The third kappa shape index (κ3) is 28.4. The topological polar surface area (TPSA) is 373 Å². The van der Waals surface area contributed by atoms with Crippen LogP contribution in [-0.2, 0) is 43.1 Å². The zero-order valence-electron chi connectivity index (χ0n) is 40.3. The molecule has 0 aliphatic heterocycles. The van der Waals surface area contributed by atoms with Gasteiger partial charge in [-0.1, -0.05) is 73.1 Å². The van der Waals surface area contributed by atoms with Gasteiger partial charge in [0.2, 0.25) is 35.4 Å². The van der Waals surface area contributed by atoms with E-state index in [2.05, 4.69) is 53.5 Å². The van der Waals surface area contributed by atoms with E-state index in [0.717, 1.165) is 32.1 Å². The van der Waals surface area contributed by atoms with E-state index >= 15 is 0 Å². The van der Waals surface area contributed by atoms with Crippen LogP contribution in [-0.4, -0.2) is 123 Å². The van der Waals surface area contributed by atoms with Crippen molar-refractivity contribution in [3.8, 4) is 0 Å². The van der Waals surface area contributed by atoms with Gasteiger partial charge in [-0.05, 0) is 69.7 Å². The fraction of sp³-hybridized carbons (Fsp3) is 0.773. The van der Waals surface area contributed by atoms with E-state index in [0.29, 0.717) is 32.2 Å². The number of guanidine groups is 2. The summed E-state index contributed by atoms with van der Waals surface area (Å²) in [5, 5.41) is 16.1. The van der Waals surface area contributed by atoms with Crippen LogP contribution in [0.2, 0.25) is 0 Å². The molecule has 0 fully saturated rings. The number of amides is 6. The van der Waals surface area contributed by atoms with Crippen molar-refractivity contribution in [2.75, 3.05) is 33.3 Å². The number of nitrogens with two attached hydrogens (primary N) is 5. The minimum Gasteiger partial charge on any atom is -0.468 e. The van der Waals surface area contributed by atoms with Crippen LogP contribution in [0.3, 0.4) is 0 Å². The van der Waals surface area contributed by atoms with Crippen LogP contribution < -0.4 is 60.6 Å². The molecule has 66 heavy (non-hydrogen) atoms. The van der Waals surface area contributed by atoms with Crippen LogP contribution in [0.1, 0.15) is 144 Å². The number of hydrogen-bond donors (Lipinski definition) is 11. The van der Waals surface area contributed by atoms with Gasteiger partial charge >= 0.3 is 5.97 Å². The number of ketones is 1. The number of Topliss-reactive ketones (excluding diaryl/α,β-unsaturated/α-hetero) is 1. The van der Waals surface area contributed by atoms with Gasteiger partial charge in [0, 0.05) is 32.4 Å². The van der Waals surface area contributed by atoms with Crippen LogP contribution in [0.25, 0.3) is 0 Å². The van der Waals surface area contributed by atoms with Gasteiger partial charge in [-0.15, -0.1) is 0 Å². The number of aliphatic imine (C=N–C) groups is 2. The Labute approximate surface area is 391 Å². The van der Waals surface area contributed by atoms with Gasteiger partial charge in [0.1, 0.15) is 30.7 Å². The molecule has 0 aliphatic carbocycles. The Morgan fingerprint density at radius 2 is 1.00 bits per heavy atom. The van der Waals surface area contributed by atoms with Gasteiger partial charge in [-0.2, -0.15) is 0 Å². The van der Waals surface area contributed by atoms with Crippen molar-refractivity contribution >= 4 is 59.1 Å². The molecular weight excluding hydrogens is 855 g/mol. The lowest BCUT2D eigenvalue weighted by Crippen LogP contribution is -2.59. The molecule has 16 N–H and O–H groups in total. The first-order valence-electron chi connectivity index (χ1n) is 23.5. The van der Waals surface area contributed by atoms with E-state index in [9.17, 15) is 38.4 Å². The van der Waals surface area contributed by atoms with E-state index in [1.807, 2.05) is 0 Å². The monoisotopic (exact) mass is 938 g/mol. The van der Waals surface area contributed by atoms with Crippen molar-refractivity contribution in [1.82, 2.24) is 31.9 Å². The minimum atomic E-state index is -1.16. The van der Waals surface area contributed by atoms with Crippen molar-refractivity contribution in [2.24, 2.45) is 50.5 Å². The number of ether oxygens (including phenoxy) is 1. The first-order valence-corrected chi connectivity index (χ1v) is 23.5. The second kappa shape index (κ2) is 35.7. The molecule has 0 aromatic rings. The number of rotatable bonds is 37. The molecule has 0 heterocycles. The fourth-order valence-corrected chi connectivity index (χ4v) is 6.72. The molecule has 0 bridgehead atoms. The van der Waals surface area contributed by atoms with Crippen molar-refractivity contribution in [1.29, 1.82) is 0 Å². The summed E-state index contributed by atoms with van der Waals surface area (Å²) in [7, 11) is 1.17. The maximum Gasteiger partial charge on any atom is 0.325 e. The number of hydrogen-bond acceptors (Lipinski definition) is 12. The highest BCUT2D eigenvalue weighted by molar-refractivity contribution is 5.97. The summed E-state index contributed by atoms with van der Waals surface area (Å²) < 4.78 is 4.54. The predicted molar refractivity (Wildman–Crippen MR) is 254 cm³/mol. The predicted octanol–water partition coefficient (Wildman–Crippen LogP) is -0.262. The van der Waals surface area contributed by atoms with Crippen LogP contribution in [0.4, 0.5) is 0 Å². The Morgan fingerprint density at radius 1 is 0.515 bits per heavy atom. The molecule has 0 radical (unpaired) electrons. The summed E-state index contributed by atoms with van der Waals surface area (Å²) >= 11 is 0. The molecular formula is C44H83N13O9. The largest absolute Gasteiger partial charge is 0.468 e. The molecule has 0 rings (SSSR count). The molecule has 22 heteroatoms. The first kappa shape index (κ1) is 60.5. The lowest BCUT2D eigenvalue weighted by atomic mass is 9.99. The number of methoxy groups -OCH3 is 1. The number of carbonyl (C=O) groups excluding carboxylic acids is 8. The maximum atomic E-state index is 14.0. The van der Waals surface area contributed by atoms with Crippen LogP contribution in [0.5, 0.6) is 0 Å². The molecule has 22 nitrogen and oxygen atoms in total. The number of unbranched alkanes of at least 4 members (excludes halogenated alkanes) is 7. The van der Waals surface area contributed by atoms with E-state index in [1.165, 1.54) is 13.5 Å². The average Bonchev–Trinajstić information content (AvgIpc) is 3.26. The SMILES string of the molecule is CCCCCCCCCC(=O)N[C@@H](CCCN=C(N)N)C(=O)N[C@H](C(=O)N[C@@H](CCCCN)C(=O)N[C@@H](CCCN=C(N)N)C(=O)CCC(=O)N[C@H](C(=O)NCC(=O)OC)C(C)C)C(C)C. The normalized spacial score (nSPS) is 13.2. The van der Waals surface area contributed by atoms with Crippen molar-refractivity contribution in [2.45, 2.75) is 174 Å². The van der Waals surface area contributed by atoms with Gasteiger partial charge in [0.15, 0.2) is 17.7 Å². The number of esters is 1. The van der Waals surface area contributed by atoms with E-state index in [4.69, 9.17) is 28.7 Å². The van der Waals surface area contributed by atoms with Crippen LogP contribution in [0.15, 0.2) is 9.98 Å². The Hall–Kier alpha value is -5.54. The second-order valence-corrected chi connectivity index (χ2v) is 17.1. The molecule has 6 amide bonds. The highest BCUT2D eigenvalue weighted by atomic mass is 16.5. The molecule has 0 aromatic heterocycles. The Balaban J connectivity index is 6.17. The molecule has 0 saturated heterocycles. The van der Waals surface area contributed by atoms with Gasteiger partial charge < -0.3 is 65.3 Å². The number of nitrogens with zero attached hydrogens (tertiary/aromatic N) is 2. The van der Waals surface area contributed by atoms with Crippen LogP contribution >= 0.6 is 0 Å². The minimum absolute atomic E-state index is 0.0803. The number of carbonyl (C=O) groups is 8. The maximum absolute atomic E-state index is 14.0. The lowest BCUT2D eigenvalue weighted by molar-refractivity contribution is -0.141. The van der Waals surface area contributed by atoms with Crippen LogP contribution in [0, 0.1) is 11.8 Å². The number of nitrogens with one attached hydrogen (secondary N) is 6. The van der Waals surface area contributed by atoms with E-state index in [-0.39, 0.29) is 81.8 Å². The van der Waals surface area contributed by atoms with E-state index in [1.54, 1.807) is 27.7 Å². The first-order chi connectivity index (χ1) is 31.3. The molecule has 0 saturated carbocycles. The summed E-state index contributed by atoms with van der Waals surface area (Å²) in [5.41, 5.74) is 27.6.